The lowest BCUT2D eigenvalue weighted by Gasteiger charge is -2.20. The number of imidazole rings is 1. The quantitative estimate of drug-likeness (QED) is 0.178. The number of amides is 1. The smallest absolute Gasteiger partial charge is 0.459 e. The molecule has 0 unspecified atom stereocenters. The molecule has 5 rings (SSSR count). The van der Waals surface area contributed by atoms with Crippen molar-refractivity contribution in [2.24, 2.45) is 0 Å². The summed E-state index contributed by atoms with van der Waals surface area (Å²) in [4.78, 5) is 56.5. The van der Waals surface area contributed by atoms with Crippen LogP contribution in [0, 0.1) is 6.92 Å². The molecule has 40 heavy (non-hydrogen) atoms. The van der Waals surface area contributed by atoms with Gasteiger partial charge >= 0.3 is 13.8 Å². The van der Waals surface area contributed by atoms with Gasteiger partial charge in [0, 0.05) is 5.56 Å². The van der Waals surface area contributed by atoms with E-state index in [1.54, 1.807) is 54.6 Å². The Morgan fingerprint density at radius 3 is 2.48 bits per heavy atom. The third kappa shape index (κ3) is 5.92. The van der Waals surface area contributed by atoms with Crippen molar-refractivity contribution in [1.82, 2.24) is 19.5 Å². The Morgan fingerprint density at radius 2 is 1.77 bits per heavy atom. The van der Waals surface area contributed by atoms with Crippen LogP contribution in [0.4, 0.5) is 5.82 Å². The highest BCUT2D eigenvalue weighted by atomic mass is 31.2. The number of phosphoric ester groups is 1. The molecular weight excluding hydrogens is 545 g/mol. The molecule has 1 amide bonds. The fourth-order valence-corrected chi connectivity index (χ4v) is 4.78. The number of aryl methyl sites for hydroxylation is 1. The topological polar surface area (TPSA) is 195 Å². The van der Waals surface area contributed by atoms with Gasteiger partial charge in [0.25, 0.3) is 5.91 Å². The SMILES string of the molecule is Cc1ccc(C(=O)OC[C@H]2O[C@@H](n3cnc4c(NC(=O)c5ccccc5)ncnc43)[C@H](O)[C@@H]2OP(=O)(O)O)cc1. The number of rotatable bonds is 8. The normalized spacial score (nSPS) is 20.9. The van der Waals surface area contributed by atoms with Crippen LogP contribution in [0.3, 0.4) is 0 Å². The van der Waals surface area contributed by atoms with E-state index in [2.05, 4.69) is 20.3 Å². The number of nitrogens with one attached hydrogen (secondary N) is 1. The van der Waals surface area contributed by atoms with Gasteiger partial charge in [-0.1, -0.05) is 35.9 Å². The number of benzene rings is 2. The molecule has 14 nitrogen and oxygen atoms in total. The molecule has 2 aromatic heterocycles. The monoisotopic (exact) mass is 569 g/mol. The Hall–Kier alpha value is -4.04. The molecule has 3 heterocycles. The number of phosphoric acid groups is 1. The highest BCUT2D eigenvalue weighted by molar-refractivity contribution is 7.46. The highest BCUT2D eigenvalue weighted by Crippen LogP contribution is 2.44. The van der Waals surface area contributed by atoms with Crippen molar-refractivity contribution in [3.8, 4) is 0 Å². The van der Waals surface area contributed by atoms with Crippen LogP contribution >= 0.6 is 7.82 Å². The predicted octanol–water partition coefficient (Wildman–Crippen LogP) is 1.98. The molecule has 0 saturated carbocycles. The van der Waals surface area contributed by atoms with E-state index in [0.29, 0.717) is 5.56 Å². The maximum Gasteiger partial charge on any atom is 0.470 e. The molecular formula is C25H24N5O9P. The molecule has 1 fully saturated rings. The van der Waals surface area contributed by atoms with E-state index in [1.807, 2.05) is 6.92 Å². The number of ether oxygens (including phenoxy) is 2. The lowest BCUT2D eigenvalue weighted by Crippen LogP contribution is -2.36. The van der Waals surface area contributed by atoms with Gasteiger partial charge in [-0.25, -0.2) is 24.3 Å². The van der Waals surface area contributed by atoms with E-state index < -0.39 is 50.8 Å². The zero-order valence-corrected chi connectivity index (χ0v) is 21.8. The van der Waals surface area contributed by atoms with E-state index in [0.717, 1.165) is 5.56 Å². The summed E-state index contributed by atoms with van der Waals surface area (Å²) in [6, 6.07) is 15.0. The number of aliphatic hydroxyl groups excluding tert-OH is 1. The Kier molecular flexibility index (Phi) is 7.72. The molecule has 4 N–H and O–H groups in total. The largest absolute Gasteiger partial charge is 0.470 e. The van der Waals surface area contributed by atoms with Crippen LogP contribution in [-0.2, 0) is 18.6 Å². The van der Waals surface area contributed by atoms with Gasteiger partial charge in [0.2, 0.25) is 0 Å². The first-order chi connectivity index (χ1) is 19.1. The summed E-state index contributed by atoms with van der Waals surface area (Å²) in [6.45, 7) is 1.38. The minimum atomic E-state index is -5.08. The van der Waals surface area contributed by atoms with Crippen LogP contribution in [-0.4, -0.2) is 71.2 Å². The van der Waals surface area contributed by atoms with E-state index in [1.165, 1.54) is 17.2 Å². The number of aliphatic hydroxyl groups is 1. The van der Waals surface area contributed by atoms with Crippen molar-refractivity contribution >= 4 is 36.7 Å². The summed E-state index contributed by atoms with van der Waals surface area (Å²) in [5.41, 5.74) is 1.91. The second-order valence-corrected chi connectivity index (χ2v) is 10.1. The molecule has 0 spiro atoms. The molecule has 208 valence electrons. The average molecular weight is 569 g/mol. The average Bonchev–Trinajstić information content (AvgIpc) is 3.49. The van der Waals surface area contributed by atoms with Gasteiger partial charge in [-0.2, -0.15) is 0 Å². The number of anilines is 1. The van der Waals surface area contributed by atoms with Crippen molar-refractivity contribution < 1.29 is 43.0 Å². The van der Waals surface area contributed by atoms with Crippen LogP contribution in [0.5, 0.6) is 0 Å². The fraction of sp³-hybridized carbons (Fsp3) is 0.240. The third-order valence-electron chi connectivity index (χ3n) is 6.14. The molecule has 2 aromatic carbocycles. The number of aromatic nitrogens is 4. The van der Waals surface area contributed by atoms with Crippen LogP contribution < -0.4 is 5.32 Å². The van der Waals surface area contributed by atoms with Crippen molar-refractivity contribution in [3.63, 3.8) is 0 Å². The molecule has 4 aromatic rings. The van der Waals surface area contributed by atoms with Crippen LogP contribution in [0.25, 0.3) is 11.2 Å². The summed E-state index contributed by atoms with van der Waals surface area (Å²) < 4.78 is 28.9. The third-order valence-corrected chi connectivity index (χ3v) is 6.65. The van der Waals surface area contributed by atoms with Gasteiger partial charge < -0.3 is 29.7 Å². The minimum absolute atomic E-state index is 0.0942. The fourth-order valence-electron chi connectivity index (χ4n) is 4.20. The Bertz CT molecular complexity index is 1570. The Morgan fingerprint density at radius 1 is 1.05 bits per heavy atom. The lowest BCUT2D eigenvalue weighted by atomic mass is 10.1. The van der Waals surface area contributed by atoms with E-state index >= 15 is 0 Å². The molecule has 0 bridgehead atoms. The number of carbonyl (C=O) groups excluding carboxylic acids is 2. The molecule has 15 heteroatoms. The Labute approximate surface area is 226 Å². The van der Waals surface area contributed by atoms with E-state index in [-0.39, 0.29) is 22.5 Å². The lowest BCUT2D eigenvalue weighted by molar-refractivity contribution is -0.0562. The maximum absolute atomic E-state index is 12.6. The number of hydrogen-bond acceptors (Lipinski definition) is 10. The van der Waals surface area contributed by atoms with E-state index in [4.69, 9.17) is 14.0 Å². The molecule has 1 saturated heterocycles. The zero-order valence-electron chi connectivity index (χ0n) is 20.9. The van der Waals surface area contributed by atoms with Crippen LogP contribution in [0.2, 0.25) is 0 Å². The second-order valence-electron chi connectivity index (χ2n) is 8.95. The van der Waals surface area contributed by atoms with Gasteiger partial charge in [0.05, 0.1) is 11.9 Å². The van der Waals surface area contributed by atoms with Gasteiger partial charge in [-0.15, -0.1) is 0 Å². The summed E-state index contributed by atoms with van der Waals surface area (Å²) in [7, 11) is -5.08. The van der Waals surface area contributed by atoms with Gasteiger partial charge in [0.1, 0.15) is 31.2 Å². The van der Waals surface area contributed by atoms with Gasteiger partial charge in [0.15, 0.2) is 23.2 Å². The van der Waals surface area contributed by atoms with Crippen molar-refractivity contribution in [2.45, 2.75) is 31.5 Å². The van der Waals surface area contributed by atoms with Crippen molar-refractivity contribution in [1.29, 1.82) is 0 Å². The first kappa shape index (κ1) is 27.5. The summed E-state index contributed by atoms with van der Waals surface area (Å²) in [5.74, 6) is -1.04. The number of nitrogens with zero attached hydrogens (tertiary/aromatic N) is 4. The van der Waals surface area contributed by atoms with Gasteiger partial charge in [-0.3, -0.25) is 13.9 Å². The standard InChI is InChI=1S/C25H24N5O9P/c1-14-7-9-16(10-8-14)25(33)37-11-17-20(39-40(34,35)36)19(31)24(38-17)30-13-28-18-21(26-12-27-22(18)30)29-23(32)15-5-3-2-4-6-15/h2-10,12-13,17,19-20,24,31H,11H2,1H3,(H2,34,35,36)(H,26,27,29,32)/t17-,19-,20-,24-/m1/s1. The van der Waals surface area contributed by atoms with Crippen LogP contribution in [0.1, 0.15) is 32.5 Å². The van der Waals surface area contributed by atoms with Crippen LogP contribution in [0.15, 0.2) is 67.3 Å². The first-order valence-electron chi connectivity index (χ1n) is 12.0. The second kappa shape index (κ2) is 11.2. The van der Waals surface area contributed by atoms with Gasteiger partial charge in [-0.05, 0) is 31.2 Å². The summed E-state index contributed by atoms with van der Waals surface area (Å²) in [5, 5.41) is 13.7. The molecule has 1 aliphatic rings. The minimum Gasteiger partial charge on any atom is -0.459 e. The number of esters is 1. The maximum atomic E-state index is 12.6. The highest BCUT2D eigenvalue weighted by Gasteiger charge is 2.49. The van der Waals surface area contributed by atoms with Crippen molar-refractivity contribution in [2.75, 3.05) is 11.9 Å². The zero-order chi connectivity index (χ0) is 28.4. The van der Waals surface area contributed by atoms with Crippen molar-refractivity contribution in [3.05, 3.63) is 83.9 Å². The number of carbonyl (C=O) groups is 2. The molecule has 4 atom stereocenters. The number of fused-ring (bicyclic) bond motifs is 1. The molecule has 1 aliphatic heterocycles. The van der Waals surface area contributed by atoms with E-state index in [9.17, 15) is 29.0 Å². The summed E-state index contributed by atoms with van der Waals surface area (Å²) >= 11 is 0. The summed E-state index contributed by atoms with van der Waals surface area (Å²) in [6.07, 6.45) is -3.33. The Balaban J connectivity index is 1.38. The number of hydrogen-bond donors (Lipinski definition) is 4. The predicted molar refractivity (Wildman–Crippen MR) is 138 cm³/mol. The first-order valence-corrected chi connectivity index (χ1v) is 13.5. The molecule has 0 radical (unpaired) electrons. The molecule has 0 aliphatic carbocycles.